The Bertz CT molecular complexity index is 683. The van der Waals surface area contributed by atoms with Gasteiger partial charge in [-0.15, -0.1) is 0 Å². The number of aromatic nitrogens is 1. The number of Topliss-reactive ketones (excluding diaryl/α,β-unsaturated/α-hetero) is 1. The van der Waals surface area contributed by atoms with Crippen LogP contribution in [0.1, 0.15) is 67.1 Å². The maximum atomic E-state index is 12.1. The fraction of sp³-hybridized carbons (Fsp3) is 0.600. The molecule has 3 nitrogen and oxygen atoms in total. The van der Waals surface area contributed by atoms with Crippen molar-refractivity contribution >= 4 is 17.5 Å². The largest absolute Gasteiger partial charge is 0.378 e. The van der Waals surface area contributed by atoms with E-state index in [1.54, 1.807) is 13.1 Å². The van der Waals surface area contributed by atoms with Gasteiger partial charge < -0.3 is 5.32 Å². The first-order valence-electron chi connectivity index (χ1n) is 9.09. The Balaban J connectivity index is 1.57. The Morgan fingerprint density at radius 3 is 2.43 bits per heavy atom. The number of pyridine rings is 1. The van der Waals surface area contributed by atoms with Crippen molar-refractivity contribution in [2.75, 3.05) is 5.32 Å². The first kappa shape index (κ1) is 13.8. The normalized spacial score (nSPS) is 36.3. The lowest BCUT2D eigenvalue weighted by atomic mass is 9.53. The number of nitrogens with one attached hydrogen (secondary N) is 1. The molecule has 4 bridgehead atoms. The molecule has 5 aliphatic rings. The molecule has 0 amide bonds. The van der Waals surface area contributed by atoms with Gasteiger partial charge in [-0.25, -0.2) is 0 Å². The number of rotatable bonds is 3. The Morgan fingerprint density at radius 2 is 1.83 bits per heavy atom. The molecule has 4 fully saturated rings. The summed E-state index contributed by atoms with van der Waals surface area (Å²) in [6, 6.07) is 0. The lowest BCUT2D eigenvalue weighted by molar-refractivity contribution is 0.0107. The van der Waals surface area contributed by atoms with Gasteiger partial charge in [0, 0.05) is 23.7 Å². The summed E-state index contributed by atoms with van der Waals surface area (Å²) in [5.41, 5.74) is 4.34. The average Bonchev–Trinajstić information content (AvgIpc) is 2.94. The second-order valence-corrected chi connectivity index (χ2v) is 8.39. The van der Waals surface area contributed by atoms with Crippen molar-refractivity contribution in [3.05, 3.63) is 29.1 Å². The van der Waals surface area contributed by atoms with Crippen molar-refractivity contribution in [2.45, 2.75) is 57.4 Å². The monoisotopic (exact) mass is 308 g/mol. The predicted molar refractivity (Wildman–Crippen MR) is 91.5 cm³/mol. The highest BCUT2D eigenvalue weighted by atomic mass is 16.1. The third-order valence-electron chi connectivity index (χ3n) is 6.60. The van der Waals surface area contributed by atoms with E-state index in [9.17, 15) is 4.79 Å². The van der Waals surface area contributed by atoms with Crippen LogP contribution in [0.5, 0.6) is 0 Å². The molecule has 5 aliphatic carbocycles. The summed E-state index contributed by atoms with van der Waals surface area (Å²) in [7, 11) is 0. The van der Waals surface area contributed by atoms with Gasteiger partial charge in [0.2, 0.25) is 0 Å². The fourth-order valence-corrected chi connectivity index (χ4v) is 6.13. The summed E-state index contributed by atoms with van der Waals surface area (Å²) in [5.74, 6) is 2.83. The predicted octanol–water partition coefficient (Wildman–Crippen LogP) is 4.23. The zero-order chi connectivity index (χ0) is 15.6. The van der Waals surface area contributed by atoms with Crippen molar-refractivity contribution < 1.29 is 4.79 Å². The molecule has 0 aliphatic heterocycles. The van der Waals surface area contributed by atoms with Gasteiger partial charge in [0.15, 0.2) is 5.78 Å². The number of fused-ring (bicyclic) bond motifs is 1. The molecule has 1 aromatic rings. The van der Waals surface area contributed by atoms with Crippen molar-refractivity contribution in [1.82, 2.24) is 4.98 Å². The second-order valence-electron chi connectivity index (χ2n) is 8.39. The molecular formula is C20H24N2O. The molecule has 1 heterocycles. The number of hydrogen-bond acceptors (Lipinski definition) is 3. The van der Waals surface area contributed by atoms with Crippen LogP contribution in [0.25, 0.3) is 6.08 Å². The summed E-state index contributed by atoms with van der Waals surface area (Å²) in [6.07, 6.45) is 15.2. The SMILES string of the molecule is CC(=O)c1cnc2c(c1NC13CC4CC(CC(C4)C1)C3)C=CC2. The van der Waals surface area contributed by atoms with E-state index in [4.69, 9.17) is 0 Å². The van der Waals surface area contributed by atoms with Crippen LogP contribution in [-0.4, -0.2) is 16.3 Å². The lowest BCUT2D eigenvalue weighted by Crippen LogP contribution is -2.55. The number of ketones is 1. The zero-order valence-corrected chi connectivity index (χ0v) is 13.8. The maximum Gasteiger partial charge on any atom is 0.163 e. The van der Waals surface area contributed by atoms with Crippen LogP contribution in [0.15, 0.2) is 12.3 Å². The quantitative estimate of drug-likeness (QED) is 0.849. The van der Waals surface area contributed by atoms with Crippen LogP contribution < -0.4 is 5.32 Å². The van der Waals surface area contributed by atoms with E-state index in [1.807, 2.05) is 0 Å². The van der Waals surface area contributed by atoms with Crippen LogP contribution in [-0.2, 0) is 6.42 Å². The molecule has 3 heteroatoms. The minimum Gasteiger partial charge on any atom is -0.378 e. The Labute approximate surface area is 137 Å². The Hall–Kier alpha value is -1.64. The van der Waals surface area contributed by atoms with E-state index in [-0.39, 0.29) is 11.3 Å². The van der Waals surface area contributed by atoms with Gasteiger partial charge in [0.25, 0.3) is 0 Å². The minimum absolute atomic E-state index is 0.118. The van der Waals surface area contributed by atoms with E-state index in [1.165, 1.54) is 38.5 Å². The van der Waals surface area contributed by atoms with Crippen LogP contribution in [0, 0.1) is 17.8 Å². The molecule has 0 spiro atoms. The molecular weight excluding hydrogens is 284 g/mol. The van der Waals surface area contributed by atoms with Crippen LogP contribution in [0.2, 0.25) is 0 Å². The molecule has 4 saturated carbocycles. The summed E-state index contributed by atoms with van der Waals surface area (Å²) >= 11 is 0. The maximum absolute atomic E-state index is 12.1. The van der Waals surface area contributed by atoms with Crippen molar-refractivity contribution in [1.29, 1.82) is 0 Å². The van der Waals surface area contributed by atoms with Crippen molar-refractivity contribution in [3.8, 4) is 0 Å². The van der Waals surface area contributed by atoms with E-state index in [0.29, 0.717) is 0 Å². The number of carbonyl (C=O) groups excluding carboxylic acids is 1. The number of carbonyl (C=O) groups is 1. The summed E-state index contributed by atoms with van der Waals surface area (Å²) < 4.78 is 0. The van der Waals surface area contributed by atoms with Gasteiger partial charge >= 0.3 is 0 Å². The molecule has 0 aromatic carbocycles. The number of anilines is 1. The van der Waals surface area contributed by atoms with Crippen LogP contribution in [0.4, 0.5) is 5.69 Å². The zero-order valence-electron chi connectivity index (χ0n) is 13.8. The molecule has 0 unspecified atom stereocenters. The van der Waals surface area contributed by atoms with E-state index in [0.717, 1.165) is 46.7 Å². The van der Waals surface area contributed by atoms with Crippen LogP contribution in [0.3, 0.4) is 0 Å². The van der Waals surface area contributed by atoms with E-state index >= 15 is 0 Å². The number of nitrogens with zero attached hydrogens (tertiary/aromatic N) is 1. The van der Waals surface area contributed by atoms with Gasteiger partial charge in [-0.1, -0.05) is 12.2 Å². The number of allylic oxidation sites excluding steroid dienone is 1. The molecule has 23 heavy (non-hydrogen) atoms. The fourth-order valence-electron chi connectivity index (χ4n) is 6.13. The molecule has 0 radical (unpaired) electrons. The average molecular weight is 308 g/mol. The van der Waals surface area contributed by atoms with Gasteiger partial charge in [0.05, 0.1) is 16.9 Å². The minimum atomic E-state index is 0.118. The first-order valence-corrected chi connectivity index (χ1v) is 9.09. The second kappa shape index (κ2) is 4.68. The van der Waals surface area contributed by atoms with Crippen molar-refractivity contribution in [3.63, 3.8) is 0 Å². The third kappa shape index (κ3) is 2.09. The summed E-state index contributed by atoms with van der Waals surface area (Å²) in [5, 5.41) is 3.92. The highest BCUT2D eigenvalue weighted by molar-refractivity contribution is 6.01. The number of hydrogen-bond donors (Lipinski definition) is 1. The van der Waals surface area contributed by atoms with E-state index < -0.39 is 0 Å². The van der Waals surface area contributed by atoms with Gasteiger partial charge in [-0.3, -0.25) is 9.78 Å². The highest BCUT2D eigenvalue weighted by Gasteiger charge is 2.51. The Morgan fingerprint density at radius 1 is 1.17 bits per heavy atom. The Kier molecular flexibility index (Phi) is 2.80. The molecule has 0 atom stereocenters. The molecule has 0 saturated heterocycles. The molecule has 1 N–H and O–H groups in total. The molecule has 120 valence electrons. The smallest absolute Gasteiger partial charge is 0.163 e. The van der Waals surface area contributed by atoms with Gasteiger partial charge in [-0.05, 0) is 63.2 Å². The topological polar surface area (TPSA) is 42.0 Å². The standard InChI is InChI=1S/C20H24N2O/c1-12(23)17-11-21-18-4-2-3-16(18)19(17)22-20-8-13-5-14(9-20)7-15(6-13)10-20/h2-3,11,13-15H,4-10H2,1H3,(H,21,22). The molecule has 6 rings (SSSR count). The third-order valence-corrected chi connectivity index (χ3v) is 6.60. The van der Waals surface area contributed by atoms with E-state index in [2.05, 4.69) is 22.5 Å². The van der Waals surface area contributed by atoms with Crippen molar-refractivity contribution in [2.24, 2.45) is 17.8 Å². The molecule has 1 aromatic heterocycles. The summed E-state index contributed by atoms with van der Waals surface area (Å²) in [6.45, 7) is 1.66. The summed E-state index contributed by atoms with van der Waals surface area (Å²) in [4.78, 5) is 16.7. The highest BCUT2D eigenvalue weighted by Crippen LogP contribution is 2.57. The van der Waals surface area contributed by atoms with Gasteiger partial charge in [0.1, 0.15) is 0 Å². The lowest BCUT2D eigenvalue weighted by Gasteiger charge is -2.57. The first-order chi connectivity index (χ1) is 11.1. The van der Waals surface area contributed by atoms with Crippen LogP contribution >= 0.6 is 0 Å². The van der Waals surface area contributed by atoms with Gasteiger partial charge in [-0.2, -0.15) is 0 Å².